The molecule has 4 heteroatoms. The Bertz CT molecular complexity index is 313. The Balaban J connectivity index is 2.58. The van der Waals surface area contributed by atoms with E-state index in [2.05, 4.69) is 0 Å². The van der Waals surface area contributed by atoms with Crippen molar-refractivity contribution >= 4 is 11.6 Å². The van der Waals surface area contributed by atoms with Gasteiger partial charge < -0.3 is 15.3 Å². The van der Waals surface area contributed by atoms with Crippen LogP contribution in [-0.4, -0.2) is 34.1 Å². The standard InChI is InChI=1S/C12H17ClO3/c1-8(6-11(15)12(16)7-14)9-2-4-10(13)5-3-9/h2-5,8,11-12,14-16H,6-7H2,1H3. The fraction of sp³-hybridized carbons (Fsp3) is 0.500. The van der Waals surface area contributed by atoms with Gasteiger partial charge in [-0.25, -0.2) is 0 Å². The molecule has 0 aliphatic heterocycles. The number of rotatable bonds is 5. The van der Waals surface area contributed by atoms with Gasteiger partial charge in [-0.2, -0.15) is 0 Å². The highest BCUT2D eigenvalue weighted by Crippen LogP contribution is 2.23. The number of hydrogen-bond acceptors (Lipinski definition) is 3. The van der Waals surface area contributed by atoms with E-state index < -0.39 is 18.8 Å². The monoisotopic (exact) mass is 244 g/mol. The van der Waals surface area contributed by atoms with Crippen LogP contribution in [0, 0.1) is 0 Å². The summed E-state index contributed by atoms with van der Waals surface area (Å²) < 4.78 is 0. The largest absolute Gasteiger partial charge is 0.394 e. The average Bonchev–Trinajstić information content (AvgIpc) is 2.28. The number of hydrogen-bond donors (Lipinski definition) is 3. The minimum absolute atomic E-state index is 0.105. The van der Waals surface area contributed by atoms with Crippen LogP contribution in [0.1, 0.15) is 24.8 Å². The van der Waals surface area contributed by atoms with Gasteiger partial charge in [0.2, 0.25) is 0 Å². The first kappa shape index (κ1) is 13.5. The van der Waals surface area contributed by atoms with Crippen molar-refractivity contribution in [3.05, 3.63) is 34.9 Å². The van der Waals surface area contributed by atoms with Gasteiger partial charge in [0.15, 0.2) is 0 Å². The molecule has 1 aromatic rings. The van der Waals surface area contributed by atoms with Crippen LogP contribution in [-0.2, 0) is 0 Å². The summed E-state index contributed by atoms with van der Waals surface area (Å²) in [6, 6.07) is 7.38. The number of aliphatic hydroxyl groups excluding tert-OH is 3. The van der Waals surface area contributed by atoms with Gasteiger partial charge in [-0.15, -0.1) is 0 Å². The van der Waals surface area contributed by atoms with Crippen LogP contribution in [0.2, 0.25) is 5.02 Å². The summed E-state index contributed by atoms with van der Waals surface area (Å²) in [7, 11) is 0. The summed E-state index contributed by atoms with van der Waals surface area (Å²) in [6.45, 7) is 1.53. The first-order valence-electron chi connectivity index (χ1n) is 5.27. The van der Waals surface area contributed by atoms with E-state index in [1.165, 1.54) is 0 Å². The molecule has 0 radical (unpaired) electrons. The highest BCUT2D eigenvalue weighted by Gasteiger charge is 2.18. The van der Waals surface area contributed by atoms with Gasteiger partial charge >= 0.3 is 0 Å². The van der Waals surface area contributed by atoms with Crippen molar-refractivity contribution in [1.29, 1.82) is 0 Å². The van der Waals surface area contributed by atoms with Crippen LogP contribution in [0.5, 0.6) is 0 Å². The quantitative estimate of drug-likeness (QED) is 0.737. The lowest BCUT2D eigenvalue weighted by Crippen LogP contribution is -2.30. The topological polar surface area (TPSA) is 60.7 Å². The van der Waals surface area contributed by atoms with Crippen molar-refractivity contribution in [2.75, 3.05) is 6.61 Å². The van der Waals surface area contributed by atoms with Crippen molar-refractivity contribution in [1.82, 2.24) is 0 Å². The molecule has 0 amide bonds. The fourth-order valence-electron chi connectivity index (χ4n) is 1.57. The van der Waals surface area contributed by atoms with E-state index in [1.54, 1.807) is 12.1 Å². The van der Waals surface area contributed by atoms with E-state index in [-0.39, 0.29) is 5.92 Å². The molecule has 0 heterocycles. The molecule has 0 spiro atoms. The molecule has 3 N–H and O–H groups in total. The molecule has 0 aliphatic carbocycles. The molecule has 0 saturated heterocycles. The van der Waals surface area contributed by atoms with Crippen LogP contribution in [0.25, 0.3) is 0 Å². The van der Waals surface area contributed by atoms with Crippen LogP contribution in [0.15, 0.2) is 24.3 Å². The Hall–Kier alpha value is -0.610. The van der Waals surface area contributed by atoms with Crippen molar-refractivity contribution in [2.24, 2.45) is 0 Å². The molecule has 1 aromatic carbocycles. The average molecular weight is 245 g/mol. The predicted octanol–water partition coefficient (Wildman–Crippen LogP) is 1.55. The molecule has 1 rings (SSSR count). The summed E-state index contributed by atoms with van der Waals surface area (Å²) in [4.78, 5) is 0. The van der Waals surface area contributed by atoms with Crippen molar-refractivity contribution < 1.29 is 15.3 Å². The van der Waals surface area contributed by atoms with Gasteiger partial charge in [-0.3, -0.25) is 0 Å². The summed E-state index contributed by atoms with van der Waals surface area (Å²) in [6.07, 6.45) is -1.57. The lowest BCUT2D eigenvalue weighted by Gasteiger charge is -2.20. The molecular formula is C12H17ClO3. The van der Waals surface area contributed by atoms with Crippen LogP contribution in [0.4, 0.5) is 0 Å². The zero-order valence-corrected chi connectivity index (χ0v) is 9.93. The maximum atomic E-state index is 9.57. The minimum Gasteiger partial charge on any atom is -0.394 e. The normalized spacial score (nSPS) is 16.8. The smallest absolute Gasteiger partial charge is 0.103 e. The Morgan fingerprint density at radius 1 is 1.12 bits per heavy atom. The Morgan fingerprint density at radius 3 is 2.19 bits per heavy atom. The second-order valence-electron chi connectivity index (χ2n) is 4.01. The summed E-state index contributed by atoms with van der Waals surface area (Å²) in [5.41, 5.74) is 1.05. The van der Waals surface area contributed by atoms with Crippen molar-refractivity contribution in [3.8, 4) is 0 Å². The molecule has 0 saturated carbocycles. The van der Waals surface area contributed by atoms with Crippen molar-refractivity contribution in [2.45, 2.75) is 31.5 Å². The first-order chi connectivity index (χ1) is 7.54. The van der Waals surface area contributed by atoms with E-state index in [0.717, 1.165) is 5.56 Å². The number of halogens is 1. The van der Waals surface area contributed by atoms with E-state index in [1.807, 2.05) is 19.1 Å². The van der Waals surface area contributed by atoms with Gasteiger partial charge in [-0.05, 0) is 30.0 Å². The zero-order chi connectivity index (χ0) is 12.1. The fourth-order valence-corrected chi connectivity index (χ4v) is 1.69. The molecule has 3 nitrogen and oxygen atoms in total. The van der Waals surface area contributed by atoms with E-state index >= 15 is 0 Å². The molecule has 0 fully saturated rings. The van der Waals surface area contributed by atoms with Gasteiger partial charge in [0, 0.05) is 5.02 Å². The highest BCUT2D eigenvalue weighted by atomic mass is 35.5. The zero-order valence-electron chi connectivity index (χ0n) is 9.18. The van der Waals surface area contributed by atoms with Crippen LogP contribution < -0.4 is 0 Å². The molecule has 0 aliphatic rings. The third kappa shape index (κ3) is 3.76. The highest BCUT2D eigenvalue weighted by molar-refractivity contribution is 6.30. The lowest BCUT2D eigenvalue weighted by atomic mass is 9.93. The van der Waals surface area contributed by atoms with Crippen LogP contribution >= 0.6 is 11.6 Å². The molecular weight excluding hydrogens is 228 g/mol. The maximum Gasteiger partial charge on any atom is 0.103 e. The molecule has 0 aromatic heterocycles. The van der Waals surface area contributed by atoms with Gasteiger partial charge in [-0.1, -0.05) is 30.7 Å². The molecule has 16 heavy (non-hydrogen) atoms. The van der Waals surface area contributed by atoms with Gasteiger partial charge in [0.05, 0.1) is 12.7 Å². The predicted molar refractivity (Wildman–Crippen MR) is 63.6 cm³/mol. The second kappa shape index (κ2) is 6.21. The van der Waals surface area contributed by atoms with E-state index in [0.29, 0.717) is 11.4 Å². The van der Waals surface area contributed by atoms with Gasteiger partial charge in [0.25, 0.3) is 0 Å². The lowest BCUT2D eigenvalue weighted by molar-refractivity contribution is -0.0199. The Labute approximate surface area is 100 Å². The molecule has 3 atom stereocenters. The van der Waals surface area contributed by atoms with E-state index in [9.17, 15) is 10.2 Å². The maximum absolute atomic E-state index is 9.57. The van der Waals surface area contributed by atoms with Gasteiger partial charge in [0.1, 0.15) is 6.10 Å². The first-order valence-corrected chi connectivity index (χ1v) is 5.65. The van der Waals surface area contributed by atoms with Crippen LogP contribution in [0.3, 0.4) is 0 Å². The third-order valence-electron chi connectivity index (χ3n) is 2.67. The molecule has 0 bridgehead atoms. The Kier molecular flexibility index (Phi) is 5.22. The molecule has 3 unspecified atom stereocenters. The summed E-state index contributed by atoms with van der Waals surface area (Å²) in [5, 5.41) is 28.2. The number of aliphatic hydroxyl groups is 3. The number of benzene rings is 1. The summed E-state index contributed by atoms with van der Waals surface area (Å²) >= 11 is 5.77. The Morgan fingerprint density at radius 2 is 1.69 bits per heavy atom. The summed E-state index contributed by atoms with van der Waals surface area (Å²) in [5.74, 6) is 0.105. The minimum atomic E-state index is -1.07. The SMILES string of the molecule is CC(CC(O)C(O)CO)c1ccc(Cl)cc1. The van der Waals surface area contributed by atoms with E-state index in [4.69, 9.17) is 16.7 Å². The second-order valence-corrected chi connectivity index (χ2v) is 4.44. The van der Waals surface area contributed by atoms with Crippen molar-refractivity contribution in [3.63, 3.8) is 0 Å². The molecule has 90 valence electrons. The third-order valence-corrected chi connectivity index (χ3v) is 2.92.